The van der Waals surface area contributed by atoms with Crippen LogP contribution in [0.25, 0.3) is 10.8 Å². The second-order valence-corrected chi connectivity index (χ2v) is 9.18. The van der Waals surface area contributed by atoms with Gasteiger partial charge in [0.2, 0.25) is 5.91 Å². The largest absolute Gasteiger partial charge is 0.504 e. The van der Waals surface area contributed by atoms with Crippen molar-refractivity contribution in [1.82, 2.24) is 0 Å². The van der Waals surface area contributed by atoms with Gasteiger partial charge in [0.15, 0.2) is 17.6 Å². The molecule has 0 aliphatic carbocycles. The third-order valence-electron chi connectivity index (χ3n) is 6.75. The molecule has 0 saturated carbocycles. The van der Waals surface area contributed by atoms with Crippen LogP contribution in [-0.4, -0.2) is 30.1 Å². The van der Waals surface area contributed by atoms with E-state index in [4.69, 9.17) is 21.2 Å². The summed E-state index contributed by atoms with van der Waals surface area (Å²) in [6, 6.07) is 24.4. The number of hydrogen-bond acceptors (Lipinski definition) is 6. The number of rotatable bonds is 4. The Balaban J connectivity index is 1.47. The molecule has 2 fully saturated rings. The van der Waals surface area contributed by atoms with Gasteiger partial charge in [-0.15, -0.1) is 0 Å². The monoisotopic (exact) mass is 500 g/mol. The lowest BCUT2D eigenvalue weighted by atomic mass is 9.90. The standard InChI is InChI=1S/C28H21ClN2O5/c1-35-23-15-17(9-14-22(23)32)25-24-26(36-31(25)19-12-10-18(29)11-13-19)28(34)30(27(24)33)21-8-4-6-16-5-2-3-7-20(16)21/h2-15,24-26,32H,1H3/t24-,25+,26-/m1/s1. The summed E-state index contributed by atoms with van der Waals surface area (Å²) in [4.78, 5) is 35.1. The molecule has 36 heavy (non-hydrogen) atoms. The number of hydrogen-bond donors (Lipinski definition) is 1. The molecular formula is C28H21ClN2O5. The van der Waals surface area contributed by atoms with Crippen LogP contribution in [0.3, 0.4) is 0 Å². The van der Waals surface area contributed by atoms with Gasteiger partial charge in [-0.1, -0.05) is 54.1 Å². The van der Waals surface area contributed by atoms with Crippen LogP contribution in [0.4, 0.5) is 11.4 Å². The van der Waals surface area contributed by atoms with Gasteiger partial charge in [-0.3, -0.25) is 14.4 Å². The van der Waals surface area contributed by atoms with Crippen molar-refractivity contribution in [1.29, 1.82) is 0 Å². The highest BCUT2D eigenvalue weighted by Crippen LogP contribution is 2.49. The Hall–Kier alpha value is -4.07. The molecule has 4 aromatic carbocycles. The van der Waals surface area contributed by atoms with Gasteiger partial charge in [-0.05, 0) is 53.4 Å². The van der Waals surface area contributed by atoms with Gasteiger partial charge in [0.1, 0.15) is 5.92 Å². The molecule has 2 saturated heterocycles. The van der Waals surface area contributed by atoms with Crippen LogP contribution in [0.1, 0.15) is 11.6 Å². The predicted molar refractivity (Wildman–Crippen MR) is 136 cm³/mol. The van der Waals surface area contributed by atoms with Crippen molar-refractivity contribution >= 4 is 45.6 Å². The number of phenolic OH excluding ortho intramolecular Hbond substituents is 1. The number of benzene rings is 4. The molecule has 0 radical (unpaired) electrons. The summed E-state index contributed by atoms with van der Waals surface area (Å²) in [5.74, 6) is -1.36. The number of ether oxygens (including phenoxy) is 1. The fourth-order valence-corrected chi connectivity index (χ4v) is 5.21. The number of fused-ring (bicyclic) bond motifs is 2. The number of aromatic hydroxyl groups is 1. The molecular weight excluding hydrogens is 480 g/mol. The number of nitrogens with zero attached hydrogens (tertiary/aromatic N) is 2. The molecule has 8 heteroatoms. The normalized spacial score (nSPS) is 21.3. The lowest BCUT2D eigenvalue weighted by Gasteiger charge is -2.29. The lowest BCUT2D eigenvalue weighted by molar-refractivity contribution is -0.126. The van der Waals surface area contributed by atoms with E-state index in [1.165, 1.54) is 18.1 Å². The van der Waals surface area contributed by atoms with Gasteiger partial charge in [0, 0.05) is 10.4 Å². The third-order valence-corrected chi connectivity index (χ3v) is 7.00. The number of imide groups is 1. The van der Waals surface area contributed by atoms with Gasteiger partial charge < -0.3 is 9.84 Å². The summed E-state index contributed by atoms with van der Waals surface area (Å²) < 4.78 is 5.31. The second kappa shape index (κ2) is 8.55. The van der Waals surface area contributed by atoms with Gasteiger partial charge >= 0.3 is 0 Å². The quantitative estimate of drug-likeness (QED) is 0.385. The number of hydroxylamine groups is 1. The summed E-state index contributed by atoms with van der Waals surface area (Å²) in [6.45, 7) is 0. The van der Waals surface area contributed by atoms with E-state index < -0.39 is 24.0 Å². The van der Waals surface area contributed by atoms with E-state index in [-0.39, 0.29) is 17.4 Å². The van der Waals surface area contributed by atoms with Crippen LogP contribution >= 0.6 is 11.6 Å². The number of anilines is 2. The molecule has 0 bridgehead atoms. The third kappa shape index (κ3) is 3.39. The fourth-order valence-electron chi connectivity index (χ4n) is 5.08. The zero-order valence-corrected chi connectivity index (χ0v) is 19.9. The smallest absolute Gasteiger partial charge is 0.266 e. The molecule has 2 amide bonds. The van der Waals surface area contributed by atoms with Crippen LogP contribution in [0.5, 0.6) is 11.5 Å². The molecule has 1 N–H and O–H groups in total. The molecule has 4 aromatic rings. The van der Waals surface area contributed by atoms with Crippen LogP contribution in [-0.2, 0) is 14.4 Å². The maximum atomic E-state index is 14.0. The first-order valence-electron chi connectivity index (χ1n) is 11.4. The highest BCUT2D eigenvalue weighted by atomic mass is 35.5. The van der Waals surface area contributed by atoms with Crippen molar-refractivity contribution in [2.45, 2.75) is 12.1 Å². The Morgan fingerprint density at radius 2 is 1.67 bits per heavy atom. The van der Waals surface area contributed by atoms with Gasteiger partial charge in [0.05, 0.1) is 24.5 Å². The van der Waals surface area contributed by atoms with Crippen LogP contribution < -0.4 is 14.7 Å². The van der Waals surface area contributed by atoms with E-state index in [2.05, 4.69) is 0 Å². The summed E-state index contributed by atoms with van der Waals surface area (Å²) in [5.41, 5.74) is 1.83. The van der Waals surface area contributed by atoms with E-state index in [0.717, 1.165) is 10.8 Å². The van der Waals surface area contributed by atoms with Crippen molar-refractivity contribution in [2.24, 2.45) is 5.92 Å². The first-order valence-corrected chi connectivity index (χ1v) is 11.8. The van der Waals surface area contributed by atoms with Crippen molar-refractivity contribution in [3.05, 3.63) is 95.5 Å². The maximum absolute atomic E-state index is 14.0. The molecule has 6 rings (SSSR count). The SMILES string of the molecule is COc1cc([C@H]2[C@H]3C(=O)N(c4cccc5ccccc45)C(=O)[C@@H]3ON2c2ccc(Cl)cc2)ccc1O. The number of carbonyl (C=O) groups excluding carboxylic acids is 2. The topological polar surface area (TPSA) is 79.3 Å². The summed E-state index contributed by atoms with van der Waals surface area (Å²) >= 11 is 6.09. The van der Waals surface area contributed by atoms with Crippen molar-refractivity contribution in [3.8, 4) is 11.5 Å². The number of methoxy groups -OCH3 is 1. The maximum Gasteiger partial charge on any atom is 0.266 e. The van der Waals surface area contributed by atoms with E-state index in [1.807, 2.05) is 36.4 Å². The molecule has 2 aliphatic heterocycles. The first kappa shape index (κ1) is 22.4. The van der Waals surface area contributed by atoms with Crippen molar-refractivity contribution in [3.63, 3.8) is 0 Å². The molecule has 180 valence electrons. The Bertz CT molecular complexity index is 1500. The Kier molecular flexibility index (Phi) is 5.32. The first-order chi connectivity index (χ1) is 17.5. The Labute approximate surface area is 212 Å². The zero-order chi connectivity index (χ0) is 25.0. The Morgan fingerprint density at radius 1 is 0.917 bits per heavy atom. The van der Waals surface area contributed by atoms with E-state index in [0.29, 0.717) is 22.0 Å². The lowest BCUT2D eigenvalue weighted by Crippen LogP contribution is -2.37. The number of halogens is 1. The highest BCUT2D eigenvalue weighted by Gasteiger charge is 2.60. The zero-order valence-electron chi connectivity index (χ0n) is 19.2. The number of amides is 2. The van der Waals surface area contributed by atoms with Crippen molar-refractivity contribution < 1.29 is 24.3 Å². The molecule has 0 aromatic heterocycles. The predicted octanol–water partition coefficient (Wildman–Crippen LogP) is 5.26. The minimum atomic E-state index is -1.02. The minimum absolute atomic E-state index is 0.0269. The van der Waals surface area contributed by atoms with E-state index >= 15 is 0 Å². The summed E-state index contributed by atoms with van der Waals surface area (Å²) in [5, 5.41) is 14.0. The minimum Gasteiger partial charge on any atom is -0.504 e. The molecule has 7 nitrogen and oxygen atoms in total. The number of carbonyl (C=O) groups is 2. The summed E-state index contributed by atoms with van der Waals surface area (Å²) in [6.07, 6.45) is -1.02. The molecule has 0 unspecified atom stereocenters. The molecule has 2 aliphatic rings. The van der Waals surface area contributed by atoms with Crippen LogP contribution in [0, 0.1) is 5.92 Å². The van der Waals surface area contributed by atoms with Gasteiger partial charge in [0.25, 0.3) is 5.91 Å². The Morgan fingerprint density at radius 3 is 2.44 bits per heavy atom. The van der Waals surface area contributed by atoms with Gasteiger partial charge in [-0.25, -0.2) is 9.96 Å². The number of phenols is 1. The van der Waals surface area contributed by atoms with Gasteiger partial charge in [-0.2, -0.15) is 0 Å². The molecule has 2 heterocycles. The van der Waals surface area contributed by atoms with Crippen LogP contribution in [0.15, 0.2) is 84.9 Å². The van der Waals surface area contributed by atoms with Crippen LogP contribution in [0.2, 0.25) is 5.02 Å². The highest BCUT2D eigenvalue weighted by molar-refractivity contribution is 6.30. The van der Waals surface area contributed by atoms with E-state index in [9.17, 15) is 14.7 Å². The second-order valence-electron chi connectivity index (χ2n) is 8.74. The molecule has 0 spiro atoms. The summed E-state index contributed by atoms with van der Waals surface area (Å²) in [7, 11) is 1.45. The fraction of sp³-hybridized carbons (Fsp3) is 0.143. The average Bonchev–Trinajstić information content (AvgIpc) is 3.40. The van der Waals surface area contributed by atoms with Crippen molar-refractivity contribution in [2.75, 3.05) is 17.1 Å². The average molecular weight is 501 g/mol. The van der Waals surface area contributed by atoms with E-state index in [1.54, 1.807) is 47.5 Å². The molecule has 3 atom stereocenters.